The number of aryl methyl sites for hydroxylation is 1. The zero-order chi connectivity index (χ0) is 21.0. The summed E-state index contributed by atoms with van der Waals surface area (Å²) in [7, 11) is 0. The maximum Gasteiger partial charge on any atom is 0.317 e. The molecule has 0 radical (unpaired) electrons. The lowest BCUT2D eigenvalue weighted by atomic mass is 9.98. The Balaban J connectivity index is 1.56. The highest BCUT2D eigenvalue weighted by atomic mass is 32.2. The molecule has 0 aliphatic heterocycles. The fourth-order valence-corrected chi connectivity index (χ4v) is 3.51. The smallest absolute Gasteiger partial charge is 0.317 e. The first kappa shape index (κ1) is 20.9. The molecule has 1 atom stereocenters. The third-order valence-electron chi connectivity index (χ3n) is 4.44. The fourth-order valence-electron chi connectivity index (χ4n) is 2.89. The maximum absolute atomic E-state index is 12.5. The topological polar surface area (TPSA) is 81.4 Å². The van der Waals surface area contributed by atoms with E-state index in [9.17, 15) is 9.59 Å². The van der Waals surface area contributed by atoms with Crippen LogP contribution in [0.25, 0.3) is 11.1 Å². The van der Waals surface area contributed by atoms with E-state index in [1.54, 1.807) is 6.92 Å². The Morgan fingerprint density at radius 2 is 1.90 bits per heavy atom. The predicted molar refractivity (Wildman–Crippen MR) is 114 cm³/mol. The van der Waals surface area contributed by atoms with Crippen molar-refractivity contribution in [1.82, 2.24) is 4.98 Å². The molecule has 0 unspecified atom stereocenters. The normalized spacial score (nSPS) is 12.2. The Bertz CT molecular complexity index is 996. The molecule has 6 nitrogen and oxygen atoms in total. The lowest BCUT2D eigenvalue weighted by Gasteiger charge is -2.19. The van der Waals surface area contributed by atoms with E-state index in [0.717, 1.165) is 34.1 Å². The van der Waals surface area contributed by atoms with Gasteiger partial charge >= 0.3 is 5.97 Å². The maximum atomic E-state index is 12.5. The van der Waals surface area contributed by atoms with Gasteiger partial charge in [-0.3, -0.25) is 9.59 Å². The largest absolute Gasteiger partial charge is 0.452 e. The van der Waals surface area contributed by atoms with E-state index in [-0.39, 0.29) is 17.6 Å². The lowest BCUT2D eigenvalue weighted by molar-refractivity contribution is -0.150. The molecule has 152 valence electrons. The molecule has 0 saturated heterocycles. The summed E-state index contributed by atoms with van der Waals surface area (Å²) in [5.74, 6) is -0.600. The van der Waals surface area contributed by atoms with Crippen LogP contribution in [0.1, 0.15) is 37.8 Å². The second kappa shape index (κ2) is 9.13. The number of aromatic nitrogens is 1. The van der Waals surface area contributed by atoms with Crippen LogP contribution in [-0.2, 0) is 14.3 Å². The number of carbonyl (C=O) groups excluding carboxylic acids is 2. The van der Waals surface area contributed by atoms with E-state index in [1.807, 2.05) is 49.4 Å². The number of para-hydroxylation sites is 3. The van der Waals surface area contributed by atoms with Gasteiger partial charge in [0.05, 0.1) is 0 Å². The Morgan fingerprint density at radius 3 is 2.62 bits per heavy atom. The molecule has 0 spiro atoms. The fraction of sp³-hybridized carbons (Fsp3) is 0.318. The number of amides is 1. The Morgan fingerprint density at radius 1 is 1.14 bits per heavy atom. The van der Waals surface area contributed by atoms with Crippen LogP contribution in [-0.4, -0.2) is 28.7 Å². The van der Waals surface area contributed by atoms with E-state index < -0.39 is 12.1 Å². The summed E-state index contributed by atoms with van der Waals surface area (Å²) in [5, 5.41) is 3.29. The van der Waals surface area contributed by atoms with Gasteiger partial charge in [0.25, 0.3) is 11.1 Å². The quantitative estimate of drug-likeness (QED) is 0.438. The number of rotatable bonds is 7. The number of esters is 1. The van der Waals surface area contributed by atoms with E-state index in [2.05, 4.69) is 24.1 Å². The monoisotopic (exact) mass is 412 g/mol. The van der Waals surface area contributed by atoms with Crippen LogP contribution in [0.15, 0.2) is 52.1 Å². The van der Waals surface area contributed by atoms with Crippen molar-refractivity contribution in [2.75, 3.05) is 11.1 Å². The van der Waals surface area contributed by atoms with Crippen molar-refractivity contribution in [1.29, 1.82) is 0 Å². The average Bonchev–Trinajstić information content (AvgIpc) is 3.10. The van der Waals surface area contributed by atoms with Crippen LogP contribution in [0.3, 0.4) is 0 Å². The minimum atomic E-state index is -0.911. The minimum absolute atomic E-state index is 0.00600. The summed E-state index contributed by atoms with van der Waals surface area (Å²) < 4.78 is 10.8. The van der Waals surface area contributed by atoms with Crippen LogP contribution < -0.4 is 5.32 Å². The molecule has 29 heavy (non-hydrogen) atoms. The molecule has 3 rings (SSSR count). The molecule has 0 saturated carbocycles. The van der Waals surface area contributed by atoms with Gasteiger partial charge in [-0.2, -0.15) is 0 Å². The summed E-state index contributed by atoms with van der Waals surface area (Å²) in [4.78, 5) is 29.0. The average molecular weight is 413 g/mol. The van der Waals surface area contributed by atoms with Gasteiger partial charge in [-0.25, -0.2) is 4.98 Å². The number of carbonyl (C=O) groups is 2. The van der Waals surface area contributed by atoms with Crippen LogP contribution in [0, 0.1) is 6.92 Å². The van der Waals surface area contributed by atoms with Crippen LogP contribution >= 0.6 is 11.8 Å². The van der Waals surface area contributed by atoms with Gasteiger partial charge < -0.3 is 14.5 Å². The van der Waals surface area contributed by atoms with Crippen LogP contribution in [0.5, 0.6) is 0 Å². The van der Waals surface area contributed by atoms with Gasteiger partial charge in [-0.15, -0.1) is 0 Å². The van der Waals surface area contributed by atoms with Gasteiger partial charge in [0, 0.05) is 5.69 Å². The van der Waals surface area contributed by atoms with Gasteiger partial charge in [0.15, 0.2) is 11.7 Å². The first-order chi connectivity index (χ1) is 13.8. The van der Waals surface area contributed by atoms with Crippen LogP contribution in [0.2, 0.25) is 0 Å². The number of fused-ring (bicyclic) bond motifs is 1. The first-order valence-electron chi connectivity index (χ1n) is 9.43. The molecule has 0 bridgehead atoms. The molecule has 3 aromatic rings. The van der Waals surface area contributed by atoms with E-state index in [1.165, 1.54) is 0 Å². The molecule has 0 fully saturated rings. The summed E-state index contributed by atoms with van der Waals surface area (Å²) in [6, 6.07) is 13.3. The molecule has 0 aliphatic rings. The SMILES string of the molecule is Cc1cccc(C(C)C)c1NC(=O)[C@H](C)OC(=O)CSc1nc2ccccc2o1. The Kier molecular flexibility index (Phi) is 6.59. The minimum Gasteiger partial charge on any atom is -0.452 e. The number of benzene rings is 2. The van der Waals surface area contributed by atoms with E-state index in [0.29, 0.717) is 10.8 Å². The number of thioether (sulfide) groups is 1. The molecule has 1 amide bonds. The van der Waals surface area contributed by atoms with Crippen LogP contribution in [0.4, 0.5) is 5.69 Å². The van der Waals surface area contributed by atoms with Gasteiger partial charge in [0.1, 0.15) is 11.3 Å². The number of oxazole rings is 1. The second-order valence-electron chi connectivity index (χ2n) is 7.05. The molecular weight excluding hydrogens is 388 g/mol. The first-order valence-corrected chi connectivity index (χ1v) is 10.4. The highest BCUT2D eigenvalue weighted by molar-refractivity contribution is 7.99. The summed E-state index contributed by atoms with van der Waals surface area (Å²) in [6.07, 6.45) is -0.911. The summed E-state index contributed by atoms with van der Waals surface area (Å²) >= 11 is 1.14. The van der Waals surface area contributed by atoms with Crippen molar-refractivity contribution < 1.29 is 18.7 Å². The second-order valence-corrected chi connectivity index (χ2v) is 7.98. The number of nitrogens with one attached hydrogen (secondary N) is 1. The standard InChI is InChI=1S/C22H24N2O4S/c1-13(2)16-9-7-8-14(3)20(16)24-21(26)15(4)27-19(25)12-29-22-23-17-10-5-6-11-18(17)28-22/h5-11,13,15H,12H2,1-4H3,(H,24,26)/t15-/m0/s1. The van der Waals surface area contributed by atoms with Crippen molar-refractivity contribution >= 4 is 40.4 Å². The molecule has 0 aliphatic carbocycles. The predicted octanol–water partition coefficient (Wildman–Crippen LogP) is 4.92. The van der Waals surface area contributed by atoms with Gasteiger partial charge in [-0.05, 0) is 43.0 Å². The zero-order valence-corrected chi connectivity index (χ0v) is 17.7. The highest BCUT2D eigenvalue weighted by Gasteiger charge is 2.21. The third kappa shape index (κ3) is 5.17. The number of hydrogen-bond acceptors (Lipinski definition) is 6. The van der Waals surface area contributed by atoms with Crippen molar-refractivity contribution in [3.63, 3.8) is 0 Å². The molecule has 1 N–H and O–H groups in total. The van der Waals surface area contributed by atoms with Gasteiger partial charge in [0.2, 0.25) is 0 Å². The zero-order valence-electron chi connectivity index (χ0n) is 16.9. The van der Waals surface area contributed by atoms with E-state index in [4.69, 9.17) is 9.15 Å². The Labute approximate surface area is 174 Å². The molecule has 2 aromatic carbocycles. The molecule has 7 heteroatoms. The number of nitrogens with zero attached hydrogens (tertiary/aromatic N) is 1. The lowest BCUT2D eigenvalue weighted by Crippen LogP contribution is -2.31. The highest BCUT2D eigenvalue weighted by Crippen LogP contribution is 2.28. The van der Waals surface area contributed by atoms with Crippen molar-refractivity contribution in [2.24, 2.45) is 0 Å². The third-order valence-corrected chi connectivity index (χ3v) is 5.24. The number of hydrogen-bond donors (Lipinski definition) is 1. The number of anilines is 1. The van der Waals surface area contributed by atoms with Crippen molar-refractivity contribution in [2.45, 2.75) is 44.9 Å². The molecular formula is C22H24N2O4S. The van der Waals surface area contributed by atoms with E-state index >= 15 is 0 Å². The van der Waals surface area contributed by atoms with Gasteiger partial charge in [-0.1, -0.05) is 55.9 Å². The number of ether oxygens (including phenoxy) is 1. The molecule has 1 aromatic heterocycles. The van der Waals surface area contributed by atoms with Crippen molar-refractivity contribution in [3.8, 4) is 0 Å². The van der Waals surface area contributed by atoms with Crippen molar-refractivity contribution in [3.05, 3.63) is 53.6 Å². The summed E-state index contributed by atoms with van der Waals surface area (Å²) in [6.45, 7) is 7.63. The summed E-state index contributed by atoms with van der Waals surface area (Å²) in [5.41, 5.74) is 4.18. The molecule has 1 heterocycles. The Hall–Kier alpha value is -2.80.